The zero-order valence-electron chi connectivity index (χ0n) is 15.2. The zero-order valence-corrected chi connectivity index (χ0v) is 16.1. The normalized spacial score (nSPS) is 20.3. The average Bonchev–Trinajstić information content (AvgIpc) is 3.14. The highest BCUT2D eigenvalue weighted by Crippen LogP contribution is 2.15. The first-order chi connectivity index (χ1) is 13.0. The Bertz CT molecular complexity index is 691. The minimum atomic E-state index is -0.459. The molecular weight excluding hydrogens is 367 g/mol. The Kier molecular flexibility index (Phi) is 6.60. The van der Waals surface area contributed by atoms with Crippen LogP contribution in [0.1, 0.15) is 32.1 Å². The summed E-state index contributed by atoms with van der Waals surface area (Å²) in [6.07, 6.45) is 4.49. The van der Waals surface area contributed by atoms with Crippen LogP contribution in [-0.4, -0.2) is 58.9 Å². The first-order valence-electron chi connectivity index (χ1n) is 9.42. The van der Waals surface area contributed by atoms with Gasteiger partial charge in [-0.3, -0.25) is 9.59 Å². The minimum Gasteiger partial charge on any atom is -0.351 e. The predicted molar refractivity (Wildman–Crippen MR) is 106 cm³/mol. The number of anilines is 1. The molecule has 1 aromatic carbocycles. The number of benzene rings is 1. The van der Waals surface area contributed by atoms with Crippen LogP contribution in [0.3, 0.4) is 0 Å². The molecule has 0 unspecified atom stereocenters. The van der Waals surface area contributed by atoms with Gasteiger partial charge in [0, 0.05) is 25.3 Å². The Balaban J connectivity index is 1.56. The van der Waals surface area contributed by atoms with Gasteiger partial charge in [-0.25, -0.2) is 4.39 Å². The Morgan fingerprint density at radius 3 is 2.48 bits per heavy atom. The number of nitrogens with zero attached hydrogens (tertiary/aromatic N) is 2. The number of hydrogen-bond acceptors (Lipinski definition) is 3. The molecule has 2 aliphatic heterocycles. The summed E-state index contributed by atoms with van der Waals surface area (Å²) in [5.74, 6) is -0.395. The van der Waals surface area contributed by atoms with Crippen molar-refractivity contribution in [2.24, 2.45) is 0 Å². The van der Waals surface area contributed by atoms with Crippen molar-refractivity contribution in [3.63, 3.8) is 0 Å². The molecule has 2 fully saturated rings. The topological polar surface area (TPSA) is 64.7 Å². The average molecular weight is 393 g/mol. The Morgan fingerprint density at radius 2 is 1.78 bits per heavy atom. The number of amides is 2. The van der Waals surface area contributed by atoms with E-state index in [1.807, 2.05) is 4.90 Å². The van der Waals surface area contributed by atoms with Crippen LogP contribution in [0.2, 0.25) is 0 Å². The van der Waals surface area contributed by atoms with Gasteiger partial charge >= 0.3 is 0 Å². The fraction of sp³-hybridized carbons (Fsp3) is 0.526. The van der Waals surface area contributed by atoms with Crippen molar-refractivity contribution in [2.75, 3.05) is 31.5 Å². The SMILES string of the molecule is O=C(CN1CCCC[C@H](NC(=S)Nc2ccc(F)cc2)C1=O)N1CCCC1. The van der Waals surface area contributed by atoms with Crippen LogP contribution in [0.5, 0.6) is 0 Å². The van der Waals surface area contributed by atoms with Crippen molar-refractivity contribution in [1.82, 2.24) is 15.1 Å². The second-order valence-electron chi connectivity index (χ2n) is 7.00. The van der Waals surface area contributed by atoms with Gasteiger partial charge < -0.3 is 20.4 Å². The van der Waals surface area contributed by atoms with E-state index in [1.165, 1.54) is 12.1 Å². The van der Waals surface area contributed by atoms with E-state index in [0.717, 1.165) is 38.8 Å². The molecule has 0 saturated carbocycles. The fourth-order valence-corrected chi connectivity index (χ4v) is 3.74. The lowest BCUT2D eigenvalue weighted by molar-refractivity contribution is -0.140. The van der Waals surface area contributed by atoms with Gasteiger partial charge in [0.15, 0.2) is 5.11 Å². The molecule has 0 aromatic heterocycles. The van der Waals surface area contributed by atoms with Crippen molar-refractivity contribution in [3.05, 3.63) is 30.1 Å². The maximum Gasteiger partial charge on any atom is 0.245 e. The third-order valence-electron chi connectivity index (χ3n) is 4.97. The van der Waals surface area contributed by atoms with Crippen LogP contribution in [-0.2, 0) is 9.59 Å². The lowest BCUT2D eigenvalue weighted by Crippen LogP contribution is -2.51. The molecule has 2 heterocycles. The molecule has 2 aliphatic rings. The van der Waals surface area contributed by atoms with Crippen molar-refractivity contribution in [3.8, 4) is 0 Å². The van der Waals surface area contributed by atoms with Gasteiger partial charge in [0.05, 0.1) is 6.54 Å². The number of nitrogens with one attached hydrogen (secondary N) is 2. The Hall–Kier alpha value is -2.22. The first-order valence-corrected chi connectivity index (χ1v) is 9.83. The monoisotopic (exact) mass is 392 g/mol. The molecule has 1 aromatic rings. The Morgan fingerprint density at radius 1 is 1.11 bits per heavy atom. The molecule has 0 radical (unpaired) electrons. The molecule has 2 N–H and O–H groups in total. The van der Waals surface area contributed by atoms with Crippen molar-refractivity contribution >= 4 is 34.8 Å². The molecule has 0 bridgehead atoms. The molecule has 3 rings (SSSR count). The number of rotatable bonds is 4. The third-order valence-corrected chi connectivity index (χ3v) is 5.19. The number of hydrogen-bond donors (Lipinski definition) is 2. The highest BCUT2D eigenvalue weighted by atomic mass is 32.1. The molecule has 0 aliphatic carbocycles. The van der Waals surface area contributed by atoms with E-state index < -0.39 is 6.04 Å². The summed E-state index contributed by atoms with van der Waals surface area (Å²) in [7, 11) is 0. The maximum absolute atomic E-state index is 13.0. The molecule has 2 saturated heterocycles. The Labute approximate surface area is 164 Å². The van der Waals surface area contributed by atoms with Gasteiger partial charge in [0.25, 0.3) is 0 Å². The number of thiocarbonyl (C=S) groups is 1. The largest absolute Gasteiger partial charge is 0.351 e. The van der Waals surface area contributed by atoms with Crippen LogP contribution < -0.4 is 10.6 Å². The van der Waals surface area contributed by atoms with E-state index in [9.17, 15) is 14.0 Å². The summed E-state index contributed by atoms with van der Waals surface area (Å²) in [6, 6.07) is 5.39. The van der Waals surface area contributed by atoms with Gasteiger partial charge in [-0.2, -0.15) is 0 Å². The van der Waals surface area contributed by atoms with E-state index in [-0.39, 0.29) is 24.2 Å². The zero-order chi connectivity index (χ0) is 19.2. The smallest absolute Gasteiger partial charge is 0.245 e. The lowest BCUT2D eigenvalue weighted by atomic mass is 10.1. The van der Waals surface area contributed by atoms with Crippen LogP contribution in [0, 0.1) is 5.82 Å². The van der Waals surface area contributed by atoms with E-state index in [1.54, 1.807) is 17.0 Å². The second-order valence-corrected chi connectivity index (χ2v) is 7.41. The highest BCUT2D eigenvalue weighted by Gasteiger charge is 2.30. The predicted octanol–water partition coefficient (Wildman–Crippen LogP) is 2.12. The summed E-state index contributed by atoms with van der Waals surface area (Å²) in [5.41, 5.74) is 0.649. The molecular formula is C19H25FN4O2S. The summed E-state index contributed by atoms with van der Waals surface area (Å²) in [6.45, 7) is 2.30. The van der Waals surface area contributed by atoms with Crippen molar-refractivity contribution < 1.29 is 14.0 Å². The van der Waals surface area contributed by atoms with Crippen LogP contribution in [0.25, 0.3) is 0 Å². The van der Waals surface area contributed by atoms with Gasteiger partial charge in [0.1, 0.15) is 11.9 Å². The highest BCUT2D eigenvalue weighted by molar-refractivity contribution is 7.80. The summed E-state index contributed by atoms with van der Waals surface area (Å²) < 4.78 is 13.0. The van der Waals surface area contributed by atoms with Gasteiger partial charge in [-0.05, 0) is 68.6 Å². The van der Waals surface area contributed by atoms with Crippen molar-refractivity contribution in [2.45, 2.75) is 38.1 Å². The first kappa shape index (κ1) is 19.5. The van der Waals surface area contributed by atoms with Crippen molar-refractivity contribution in [1.29, 1.82) is 0 Å². The number of halogens is 1. The molecule has 8 heteroatoms. The van der Waals surface area contributed by atoms with E-state index in [4.69, 9.17) is 12.2 Å². The molecule has 2 amide bonds. The van der Waals surface area contributed by atoms with Gasteiger partial charge in [-0.15, -0.1) is 0 Å². The van der Waals surface area contributed by atoms with Gasteiger partial charge in [0.2, 0.25) is 11.8 Å². The quantitative estimate of drug-likeness (QED) is 0.769. The molecule has 1 atom stereocenters. The number of likely N-dealkylation sites (tertiary alicyclic amines) is 2. The van der Waals surface area contributed by atoms with Gasteiger partial charge in [-0.1, -0.05) is 0 Å². The molecule has 146 valence electrons. The lowest BCUT2D eigenvalue weighted by Gasteiger charge is -2.27. The van der Waals surface area contributed by atoms with E-state index >= 15 is 0 Å². The summed E-state index contributed by atoms with van der Waals surface area (Å²) in [5, 5.41) is 6.33. The van der Waals surface area contributed by atoms with Crippen LogP contribution in [0.4, 0.5) is 10.1 Å². The van der Waals surface area contributed by atoms with E-state index in [0.29, 0.717) is 23.8 Å². The van der Waals surface area contributed by atoms with Crippen LogP contribution >= 0.6 is 12.2 Å². The standard InChI is InChI=1S/C19H25FN4O2S/c20-14-6-8-15(9-7-14)21-19(27)22-16-5-1-2-12-24(18(16)26)13-17(25)23-10-3-4-11-23/h6-9,16H,1-5,10-13H2,(H2,21,22,27)/t16-/m0/s1. The third kappa shape index (κ3) is 5.38. The second kappa shape index (κ2) is 9.12. The summed E-state index contributed by atoms with van der Waals surface area (Å²) in [4.78, 5) is 28.8. The number of carbonyl (C=O) groups is 2. The number of carbonyl (C=O) groups excluding carboxylic acids is 2. The minimum absolute atomic E-state index is 0.0218. The molecule has 6 nitrogen and oxygen atoms in total. The van der Waals surface area contributed by atoms with Crippen LogP contribution in [0.15, 0.2) is 24.3 Å². The molecule has 27 heavy (non-hydrogen) atoms. The fourth-order valence-electron chi connectivity index (χ4n) is 3.48. The van der Waals surface area contributed by atoms with E-state index in [2.05, 4.69) is 10.6 Å². The maximum atomic E-state index is 13.0. The molecule has 0 spiro atoms. The summed E-state index contributed by atoms with van der Waals surface area (Å²) >= 11 is 5.30.